The minimum Gasteiger partial charge on any atom is -0.369 e. The van der Waals surface area contributed by atoms with E-state index in [-0.39, 0.29) is 0 Å². The monoisotopic (exact) mass is 301 g/mol. The van der Waals surface area contributed by atoms with Gasteiger partial charge in [0.1, 0.15) is 0 Å². The zero-order valence-corrected chi connectivity index (χ0v) is 14.4. The summed E-state index contributed by atoms with van der Waals surface area (Å²) in [6, 6.07) is 7.64. The summed E-state index contributed by atoms with van der Waals surface area (Å²) in [6.45, 7) is 11.4. The van der Waals surface area contributed by atoms with Crippen LogP contribution in [0, 0.1) is 19.8 Å². The SMILES string of the molecule is Cc1cccc(N2CCN(C3CC(C)CCC3N)CC2)c1C. The van der Waals surface area contributed by atoms with E-state index in [0.717, 1.165) is 32.1 Å². The van der Waals surface area contributed by atoms with Crippen molar-refractivity contribution in [2.45, 2.75) is 52.1 Å². The average Bonchev–Trinajstić information content (AvgIpc) is 2.53. The van der Waals surface area contributed by atoms with Crippen molar-refractivity contribution in [3.05, 3.63) is 29.3 Å². The van der Waals surface area contributed by atoms with E-state index in [9.17, 15) is 0 Å². The van der Waals surface area contributed by atoms with Crippen molar-refractivity contribution in [2.24, 2.45) is 11.7 Å². The van der Waals surface area contributed by atoms with E-state index in [1.807, 2.05) is 0 Å². The van der Waals surface area contributed by atoms with Gasteiger partial charge in [0, 0.05) is 44.0 Å². The fourth-order valence-corrected chi connectivity index (χ4v) is 4.17. The lowest BCUT2D eigenvalue weighted by Crippen LogP contribution is -2.57. The number of nitrogens with zero attached hydrogens (tertiary/aromatic N) is 2. The van der Waals surface area contributed by atoms with E-state index in [2.05, 4.69) is 48.8 Å². The molecule has 1 aromatic carbocycles. The second-order valence-electron chi connectivity index (χ2n) is 7.39. The molecular weight excluding hydrogens is 270 g/mol. The Labute approximate surface area is 135 Å². The number of anilines is 1. The lowest BCUT2D eigenvalue weighted by Gasteiger charge is -2.45. The van der Waals surface area contributed by atoms with Crippen molar-refractivity contribution < 1.29 is 0 Å². The van der Waals surface area contributed by atoms with Gasteiger partial charge in [-0.2, -0.15) is 0 Å². The highest BCUT2D eigenvalue weighted by Crippen LogP contribution is 2.29. The van der Waals surface area contributed by atoms with Gasteiger partial charge in [-0.1, -0.05) is 19.1 Å². The summed E-state index contributed by atoms with van der Waals surface area (Å²) in [5.74, 6) is 0.835. The summed E-state index contributed by atoms with van der Waals surface area (Å²) in [5, 5.41) is 0. The zero-order chi connectivity index (χ0) is 15.7. The maximum atomic E-state index is 6.41. The normalized spacial score (nSPS) is 30.5. The Bertz CT molecular complexity index is 505. The smallest absolute Gasteiger partial charge is 0.0399 e. The molecule has 3 rings (SSSR count). The van der Waals surface area contributed by atoms with Crippen LogP contribution in [0.1, 0.15) is 37.3 Å². The van der Waals surface area contributed by atoms with Crippen molar-refractivity contribution in [1.82, 2.24) is 4.90 Å². The zero-order valence-electron chi connectivity index (χ0n) is 14.4. The van der Waals surface area contributed by atoms with Gasteiger partial charge in [-0.3, -0.25) is 4.90 Å². The van der Waals surface area contributed by atoms with Gasteiger partial charge in [0.25, 0.3) is 0 Å². The van der Waals surface area contributed by atoms with Crippen LogP contribution >= 0.6 is 0 Å². The van der Waals surface area contributed by atoms with Crippen LogP contribution in [0.2, 0.25) is 0 Å². The molecule has 2 aliphatic rings. The Hall–Kier alpha value is -1.06. The summed E-state index contributed by atoms with van der Waals surface area (Å²) in [6.07, 6.45) is 3.79. The Balaban J connectivity index is 1.64. The van der Waals surface area contributed by atoms with Crippen LogP contribution < -0.4 is 10.6 Å². The molecule has 22 heavy (non-hydrogen) atoms. The Morgan fingerprint density at radius 3 is 2.50 bits per heavy atom. The summed E-state index contributed by atoms with van der Waals surface area (Å²) in [5.41, 5.74) is 10.6. The number of hydrogen-bond acceptors (Lipinski definition) is 3. The van der Waals surface area contributed by atoms with Crippen molar-refractivity contribution in [2.75, 3.05) is 31.1 Å². The Kier molecular flexibility index (Phi) is 4.74. The molecule has 3 unspecified atom stereocenters. The first-order chi connectivity index (χ1) is 10.6. The van der Waals surface area contributed by atoms with Gasteiger partial charge in [0.05, 0.1) is 0 Å². The molecule has 0 spiro atoms. The molecule has 0 aromatic heterocycles. The fraction of sp³-hybridized carbons (Fsp3) is 0.684. The predicted octanol–water partition coefficient (Wildman–Crippen LogP) is 2.94. The molecular formula is C19H31N3. The van der Waals surface area contributed by atoms with Gasteiger partial charge in [-0.05, 0) is 56.2 Å². The van der Waals surface area contributed by atoms with Crippen LogP contribution in [0.25, 0.3) is 0 Å². The second kappa shape index (κ2) is 6.59. The molecule has 1 heterocycles. The second-order valence-corrected chi connectivity index (χ2v) is 7.39. The van der Waals surface area contributed by atoms with Crippen molar-refractivity contribution in [3.8, 4) is 0 Å². The van der Waals surface area contributed by atoms with E-state index in [1.165, 1.54) is 36.1 Å². The first kappa shape index (κ1) is 15.8. The van der Waals surface area contributed by atoms with Crippen LogP contribution in [-0.2, 0) is 0 Å². The predicted molar refractivity (Wildman–Crippen MR) is 94.5 cm³/mol. The average molecular weight is 301 g/mol. The largest absolute Gasteiger partial charge is 0.369 e. The molecule has 1 aromatic rings. The first-order valence-electron chi connectivity index (χ1n) is 8.87. The van der Waals surface area contributed by atoms with Gasteiger partial charge in [-0.15, -0.1) is 0 Å². The first-order valence-corrected chi connectivity index (χ1v) is 8.87. The molecule has 0 bridgehead atoms. The third-order valence-electron chi connectivity index (χ3n) is 5.83. The summed E-state index contributed by atoms with van der Waals surface area (Å²) < 4.78 is 0. The molecule has 0 radical (unpaired) electrons. The molecule has 3 nitrogen and oxygen atoms in total. The topological polar surface area (TPSA) is 32.5 Å². The van der Waals surface area contributed by atoms with E-state index in [4.69, 9.17) is 5.73 Å². The minimum atomic E-state index is 0.378. The highest BCUT2D eigenvalue weighted by molar-refractivity contribution is 5.56. The molecule has 3 heteroatoms. The quantitative estimate of drug-likeness (QED) is 0.911. The van der Waals surface area contributed by atoms with Crippen LogP contribution in [0.3, 0.4) is 0 Å². The van der Waals surface area contributed by atoms with E-state index >= 15 is 0 Å². The van der Waals surface area contributed by atoms with Crippen LogP contribution in [-0.4, -0.2) is 43.2 Å². The number of rotatable bonds is 2. The van der Waals surface area contributed by atoms with Crippen molar-refractivity contribution in [1.29, 1.82) is 0 Å². The molecule has 3 atom stereocenters. The van der Waals surface area contributed by atoms with Gasteiger partial charge >= 0.3 is 0 Å². The molecule has 122 valence electrons. The van der Waals surface area contributed by atoms with Crippen molar-refractivity contribution in [3.63, 3.8) is 0 Å². The number of nitrogens with two attached hydrogens (primary N) is 1. The molecule has 0 amide bonds. The number of piperazine rings is 1. The van der Waals surface area contributed by atoms with Gasteiger partial charge < -0.3 is 10.6 Å². The summed E-state index contributed by atoms with van der Waals surface area (Å²) in [7, 11) is 0. The number of aryl methyl sites for hydroxylation is 1. The van der Waals surface area contributed by atoms with Crippen LogP contribution in [0.5, 0.6) is 0 Å². The highest BCUT2D eigenvalue weighted by atomic mass is 15.3. The van der Waals surface area contributed by atoms with E-state index < -0.39 is 0 Å². The van der Waals surface area contributed by atoms with E-state index in [0.29, 0.717) is 12.1 Å². The van der Waals surface area contributed by atoms with Crippen LogP contribution in [0.4, 0.5) is 5.69 Å². The maximum Gasteiger partial charge on any atom is 0.0399 e. The lowest BCUT2D eigenvalue weighted by molar-refractivity contribution is 0.110. The Morgan fingerprint density at radius 1 is 1.05 bits per heavy atom. The van der Waals surface area contributed by atoms with E-state index in [1.54, 1.807) is 0 Å². The van der Waals surface area contributed by atoms with Crippen molar-refractivity contribution >= 4 is 5.69 Å². The molecule has 1 saturated carbocycles. The standard InChI is InChI=1S/C19H31N3/c1-14-7-8-17(20)19(13-14)22-11-9-21(10-12-22)18-6-4-5-15(2)16(18)3/h4-6,14,17,19H,7-13,20H2,1-3H3. The molecule has 1 saturated heterocycles. The highest BCUT2D eigenvalue weighted by Gasteiger charge is 2.32. The minimum absolute atomic E-state index is 0.378. The van der Waals surface area contributed by atoms with Gasteiger partial charge in [0.2, 0.25) is 0 Å². The fourth-order valence-electron chi connectivity index (χ4n) is 4.17. The molecule has 2 N–H and O–H groups in total. The molecule has 2 fully saturated rings. The van der Waals surface area contributed by atoms with Gasteiger partial charge in [0.15, 0.2) is 0 Å². The Morgan fingerprint density at radius 2 is 1.77 bits per heavy atom. The third kappa shape index (κ3) is 3.16. The summed E-state index contributed by atoms with van der Waals surface area (Å²) >= 11 is 0. The van der Waals surface area contributed by atoms with Crippen LogP contribution in [0.15, 0.2) is 18.2 Å². The third-order valence-corrected chi connectivity index (χ3v) is 5.83. The maximum absolute atomic E-state index is 6.41. The number of benzene rings is 1. The molecule has 1 aliphatic heterocycles. The van der Waals surface area contributed by atoms with Gasteiger partial charge in [-0.25, -0.2) is 0 Å². The summed E-state index contributed by atoms with van der Waals surface area (Å²) in [4.78, 5) is 5.21. The number of hydrogen-bond donors (Lipinski definition) is 1. The lowest BCUT2D eigenvalue weighted by atomic mass is 9.82. The molecule has 1 aliphatic carbocycles.